The minimum atomic E-state index is -4.70. The summed E-state index contributed by atoms with van der Waals surface area (Å²) in [4.78, 5) is 20.4. The summed E-state index contributed by atoms with van der Waals surface area (Å²) in [5.74, 6) is -0.525. The molecule has 0 saturated heterocycles. The number of aryl methyl sites for hydroxylation is 1. The van der Waals surface area contributed by atoms with Gasteiger partial charge in [0.2, 0.25) is 5.91 Å². The zero-order chi connectivity index (χ0) is 22.2. The smallest absolute Gasteiger partial charge is 0.433 e. The molecule has 4 rings (SSSR count). The third-order valence-corrected chi connectivity index (χ3v) is 4.85. The molecule has 0 aliphatic heterocycles. The fourth-order valence-corrected chi connectivity index (χ4v) is 3.30. The topological polar surface area (TPSA) is 85.3 Å². The molecular weight excluding hydrogens is 458 g/mol. The van der Waals surface area contributed by atoms with Gasteiger partial charge < -0.3 is 9.73 Å². The molecule has 0 aliphatic carbocycles. The number of aromatic nitrogens is 4. The van der Waals surface area contributed by atoms with E-state index < -0.39 is 17.8 Å². The van der Waals surface area contributed by atoms with Crippen molar-refractivity contribution in [3.05, 3.63) is 64.2 Å². The van der Waals surface area contributed by atoms with Gasteiger partial charge in [0.25, 0.3) is 5.78 Å². The van der Waals surface area contributed by atoms with Crippen molar-refractivity contribution in [3.63, 3.8) is 0 Å². The zero-order valence-corrected chi connectivity index (χ0v) is 17.0. The number of para-hydroxylation sites is 1. The first-order valence-electron chi connectivity index (χ1n) is 8.84. The van der Waals surface area contributed by atoms with Crippen LogP contribution in [0.3, 0.4) is 0 Å². The van der Waals surface area contributed by atoms with Crippen LogP contribution < -0.4 is 5.32 Å². The zero-order valence-electron chi connectivity index (χ0n) is 15.5. The van der Waals surface area contributed by atoms with E-state index in [1.54, 1.807) is 18.2 Å². The second-order valence-electron chi connectivity index (χ2n) is 6.39. The summed E-state index contributed by atoms with van der Waals surface area (Å²) in [7, 11) is 0. The molecule has 160 valence electrons. The molecule has 0 saturated carbocycles. The van der Waals surface area contributed by atoms with Gasteiger partial charge in [0.15, 0.2) is 17.3 Å². The third kappa shape index (κ3) is 4.49. The van der Waals surface area contributed by atoms with E-state index in [9.17, 15) is 18.0 Å². The maximum atomic E-state index is 13.5. The fraction of sp³-hybridized carbons (Fsp3) is 0.158. The Hall–Kier alpha value is -3.11. The van der Waals surface area contributed by atoms with Crippen molar-refractivity contribution in [2.75, 3.05) is 5.32 Å². The summed E-state index contributed by atoms with van der Waals surface area (Å²) >= 11 is 12.0. The van der Waals surface area contributed by atoms with E-state index >= 15 is 0 Å². The molecule has 1 N–H and O–H groups in total. The molecule has 3 aromatic heterocycles. The number of nitrogens with zero attached hydrogens (tertiary/aromatic N) is 4. The molecule has 7 nitrogen and oxygen atoms in total. The molecule has 1 amide bonds. The number of rotatable bonds is 5. The minimum Gasteiger partial charge on any atom is -0.463 e. The van der Waals surface area contributed by atoms with Crippen LogP contribution in [0.4, 0.5) is 18.9 Å². The van der Waals surface area contributed by atoms with Crippen LogP contribution in [0.1, 0.15) is 17.9 Å². The van der Waals surface area contributed by atoms with E-state index in [1.165, 1.54) is 18.4 Å². The van der Waals surface area contributed by atoms with Crippen molar-refractivity contribution in [2.45, 2.75) is 19.0 Å². The van der Waals surface area contributed by atoms with E-state index in [-0.39, 0.29) is 51.6 Å². The number of hydrogen-bond acceptors (Lipinski definition) is 5. The molecule has 12 heteroatoms. The molecule has 31 heavy (non-hydrogen) atoms. The quantitative estimate of drug-likeness (QED) is 0.429. The number of amides is 1. The number of halogens is 5. The Kier molecular flexibility index (Phi) is 5.59. The summed E-state index contributed by atoms with van der Waals surface area (Å²) < 4.78 is 46.4. The highest BCUT2D eigenvalue weighted by molar-refractivity contribution is 6.39. The lowest BCUT2D eigenvalue weighted by atomic mass is 10.2. The number of carbonyl (C=O) groups excluding carboxylic acids is 1. The summed E-state index contributed by atoms with van der Waals surface area (Å²) in [6.07, 6.45) is -3.51. The first-order valence-corrected chi connectivity index (χ1v) is 9.59. The van der Waals surface area contributed by atoms with Gasteiger partial charge in [0.05, 0.1) is 22.0 Å². The number of furan rings is 1. The van der Waals surface area contributed by atoms with E-state index in [1.807, 2.05) is 0 Å². The van der Waals surface area contributed by atoms with Crippen molar-refractivity contribution in [1.29, 1.82) is 0 Å². The lowest BCUT2D eigenvalue weighted by molar-refractivity contribution is -0.142. The van der Waals surface area contributed by atoms with Gasteiger partial charge >= 0.3 is 6.18 Å². The lowest BCUT2D eigenvalue weighted by Crippen LogP contribution is -2.14. The number of anilines is 1. The molecular formula is C19H12Cl2F3N5O2. The van der Waals surface area contributed by atoms with Crippen LogP contribution in [0, 0.1) is 0 Å². The lowest BCUT2D eigenvalue weighted by Gasteiger charge is -2.09. The van der Waals surface area contributed by atoms with Crippen LogP contribution in [0.25, 0.3) is 17.2 Å². The first kappa shape index (κ1) is 21.1. The van der Waals surface area contributed by atoms with Gasteiger partial charge in [0, 0.05) is 12.8 Å². The van der Waals surface area contributed by atoms with Gasteiger partial charge in [0.1, 0.15) is 5.69 Å². The molecule has 0 atom stereocenters. The van der Waals surface area contributed by atoms with Crippen LogP contribution >= 0.6 is 23.2 Å². The molecule has 4 aromatic rings. The van der Waals surface area contributed by atoms with Crippen molar-refractivity contribution in [3.8, 4) is 11.5 Å². The van der Waals surface area contributed by atoms with E-state index in [2.05, 4.69) is 20.4 Å². The van der Waals surface area contributed by atoms with Gasteiger partial charge in [-0.3, -0.25) is 4.79 Å². The number of fused-ring (bicyclic) bond motifs is 1. The van der Waals surface area contributed by atoms with Crippen LogP contribution in [0.15, 0.2) is 47.1 Å². The predicted molar refractivity (Wildman–Crippen MR) is 107 cm³/mol. The Balaban J connectivity index is 1.58. The fourth-order valence-electron chi connectivity index (χ4n) is 2.81. The first-order chi connectivity index (χ1) is 14.7. The molecule has 0 aliphatic rings. The van der Waals surface area contributed by atoms with Gasteiger partial charge in [-0.15, -0.1) is 5.10 Å². The Labute approximate surface area is 182 Å². The monoisotopic (exact) mass is 469 g/mol. The van der Waals surface area contributed by atoms with Crippen LogP contribution in [0.2, 0.25) is 10.0 Å². The van der Waals surface area contributed by atoms with Crippen molar-refractivity contribution in [1.82, 2.24) is 19.6 Å². The largest absolute Gasteiger partial charge is 0.463 e. The van der Waals surface area contributed by atoms with Crippen molar-refractivity contribution >= 4 is 40.6 Å². The number of carbonyl (C=O) groups is 1. The molecule has 0 radical (unpaired) electrons. The highest BCUT2D eigenvalue weighted by Gasteiger charge is 2.36. The molecule has 0 spiro atoms. The van der Waals surface area contributed by atoms with E-state index in [0.717, 1.165) is 6.07 Å². The summed E-state index contributed by atoms with van der Waals surface area (Å²) in [5, 5.41) is 6.97. The summed E-state index contributed by atoms with van der Waals surface area (Å²) in [5.41, 5.74) is -0.840. The Morgan fingerprint density at radius 3 is 2.52 bits per heavy atom. The second-order valence-corrected chi connectivity index (χ2v) is 7.20. The SMILES string of the molecule is O=C(CCc1nc2nc(-c3ccco3)cc(C(F)(F)F)n2n1)Nc1c(Cl)cccc1Cl. The summed E-state index contributed by atoms with van der Waals surface area (Å²) in [6, 6.07) is 8.61. The average Bonchev–Trinajstić information content (AvgIpc) is 3.37. The van der Waals surface area contributed by atoms with Gasteiger partial charge in [-0.05, 0) is 30.3 Å². The Morgan fingerprint density at radius 1 is 1.13 bits per heavy atom. The number of benzene rings is 1. The standard InChI is InChI=1S/C19H12Cl2F3N5O2/c20-10-3-1-4-11(21)17(10)27-16(30)7-6-15-26-18-25-12(13-5-2-8-31-13)9-14(19(22,23)24)29(18)28-15/h1-5,8-9H,6-7H2,(H,27,30). The minimum absolute atomic E-state index is 0.0231. The maximum Gasteiger partial charge on any atom is 0.433 e. The summed E-state index contributed by atoms with van der Waals surface area (Å²) in [6.45, 7) is 0. The van der Waals surface area contributed by atoms with Crippen LogP contribution in [-0.2, 0) is 17.4 Å². The molecule has 0 bridgehead atoms. The Morgan fingerprint density at radius 2 is 1.87 bits per heavy atom. The van der Waals surface area contributed by atoms with E-state index in [0.29, 0.717) is 4.52 Å². The van der Waals surface area contributed by atoms with Crippen molar-refractivity contribution < 1.29 is 22.4 Å². The predicted octanol–water partition coefficient (Wildman–Crippen LogP) is 5.28. The molecule has 0 unspecified atom stereocenters. The second kappa shape index (κ2) is 8.20. The molecule has 3 heterocycles. The van der Waals surface area contributed by atoms with E-state index in [4.69, 9.17) is 27.6 Å². The van der Waals surface area contributed by atoms with Crippen LogP contribution in [-0.4, -0.2) is 25.5 Å². The van der Waals surface area contributed by atoms with Gasteiger partial charge in [-0.25, -0.2) is 4.98 Å². The highest BCUT2D eigenvalue weighted by atomic mass is 35.5. The normalized spacial score (nSPS) is 11.8. The van der Waals surface area contributed by atoms with Crippen molar-refractivity contribution in [2.24, 2.45) is 0 Å². The van der Waals surface area contributed by atoms with Gasteiger partial charge in [-0.2, -0.15) is 22.7 Å². The number of nitrogens with one attached hydrogen (secondary N) is 1. The third-order valence-electron chi connectivity index (χ3n) is 4.22. The van der Waals surface area contributed by atoms with Crippen LogP contribution in [0.5, 0.6) is 0 Å². The molecule has 0 fully saturated rings. The Bertz CT molecular complexity index is 1240. The maximum absolute atomic E-state index is 13.5. The molecule has 1 aromatic carbocycles. The number of hydrogen-bond donors (Lipinski definition) is 1. The average molecular weight is 470 g/mol. The number of alkyl halides is 3. The highest BCUT2D eigenvalue weighted by Crippen LogP contribution is 2.32. The van der Waals surface area contributed by atoms with Gasteiger partial charge in [-0.1, -0.05) is 29.3 Å².